The van der Waals surface area contributed by atoms with Gasteiger partial charge in [-0.3, -0.25) is 9.59 Å². The third-order valence-corrected chi connectivity index (χ3v) is 6.62. The molecule has 0 spiro atoms. The summed E-state index contributed by atoms with van der Waals surface area (Å²) in [4.78, 5) is 25.3. The largest absolute Gasteiger partial charge is 0.418 e. The van der Waals surface area contributed by atoms with Gasteiger partial charge < -0.3 is 5.32 Å². The number of ketones is 1. The molecule has 24 heavy (non-hydrogen) atoms. The Bertz CT molecular complexity index is 725. The van der Waals surface area contributed by atoms with Gasteiger partial charge in [-0.15, -0.1) is 0 Å². The number of hydrogen-bond donors (Lipinski definition) is 1. The highest BCUT2D eigenvalue weighted by Gasteiger charge is 2.72. The predicted molar refractivity (Wildman–Crippen MR) is 83.3 cm³/mol. The van der Waals surface area contributed by atoms with Gasteiger partial charge in [0.25, 0.3) is 0 Å². The zero-order chi connectivity index (χ0) is 18.0. The standard InChI is InChI=1S/C18H20F3NO2/c1-15(2)16(3)8-9-17(15,10-13(16)23)14(24)22-12-7-5-4-6-11(12)18(19,20)21/h4-7H,8-10H2,1-3H3,(H,22,24)/t16-,17-/m1/s1. The number of carbonyl (C=O) groups is 2. The summed E-state index contributed by atoms with van der Waals surface area (Å²) in [5.74, 6) is -0.461. The van der Waals surface area contributed by atoms with Crippen LogP contribution in [-0.4, -0.2) is 11.7 Å². The maximum atomic E-state index is 13.1. The summed E-state index contributed by atoms with van der Waals surface area (Å²) in [7, 11) is 0. The van der Waals surface area contributed by atoms with E-state index in [0.717, 1.165) is 6.07 Å². The van der Waals surface area contributed by atoms with Gasteiger partial charge in [-0.2, -0.15) is 13.2 Å². The normalized spacial score (nSPS) is 31.3. The average molecular weight is 339 g/mol. The van der Waals surface area contributed by atoms with Crippen LogP contribution in [0.3, 0.4) is 0 Å². The predicted octanol–water partition coefficient (Wildman–Crippen LogP) is 4.43. The number of hydrogen-bond acceptors (Lipinski definition) is 2. The molecule has 1 aromatic carbocycles. The SMILES string of the molecule is CC1(C)[C@]2(C(=O)Nc3ccccc3C(F)(F)F)CC[C@]1(C)C(=O)C2. The number of halogens is 3. The lowest BCUT2D eigenvalue weighted by Crippen LogP contribution is -2.43. The number of anilines is 1. The molecule has 1 aromatic rings. The van der Waals surface area contributed by atoms with Crippen LogP contribution < -0.4 is 5.32 Å². The van der Waals surface area contributed by atoms with Crippen molar-refractivity contribution in [3.63, 3.8) is 0 Å². The minimum absolute atomic E-state index is 0.0259. The van der Waals surface area contributed by atoms with Crippen LogP contribution in [-0.2, 0) is 15.8 Å². The molecule has 0 aliphatic heterocycles. The Kier molecular flexibility index (Phi) is 3.42. The molecular weight excluding hydrogens is 319 g/mol. The van der Waals surface area contributed by atoms with Crippen molar-refractivity contribution in [3.8, 4) is 0 Å². The lowest BCUT2D eigenvalue weighted by atomic mass is 9.64. The molecule has 6 heteroatoms. The van der Waals surface area contributed by atoms with E-state index in [1.54, 1.807) is 0 Å². The Morgan fingerprint density at radius 3 is 2.25 bits per heavy atom. The molecule has 0 heterocycles. The topological polar surface area (TPSA) is 46.2 Å². The highest BCUT2D eigenvalue weighted by Crippen LogP contribution is 2.70. The molecule has 0 saturated heterocycles. The zero-order valence-corrected chi connectivity index (χ0v) is 13.9. The van der Waals surface area contributed by atoms with Crippen molar-refractivity contribution in [1.82, 2.24) is 0 Å². The lowest BCUT2D eigenvalue weighted by Gasteiger charge is -2.38. The van der Waals surface area contributed by atoms with Crippen molar-refractivity contribution in [2.75, 3.05) is 5.32 Å². The summed E-state index contributed by atoms with van der Waals surface area (Å²) >= 11 is 0. The van der Waals surface area contributed by atoms with Gasteiger partial charge in [-0.1, -0.05) is 32.9 Å². The van der Waals surface area contributed by atoms with Crippen LogP contribution in [0.1, 0.15) is 45.6 Å². The fourth-order valence-corrected chi connectivity index (χ4v) is 4.44. The molecule has 0 radical (unpaired) electrons. The number of para-hydroxylation sites is 1. The number of benzene rings is 1. The van der Waals surface area contributed by atoms with Gasteiger partial charge in [0.2, 0.25) is 5.91 Å². The number of rotatable bonds is 2. The molecule has 2 saturated carbocycles. The van der Waals surface area contributed by atoms with Gasteiger partial charge in [0.05, 0.1) is 16.7 Å². The molecule has 0 aromatic heterocycles. The first kappa shape index (κ1) is 17.0. The van der Waals surface area contributed by atoms with E-state index < -0.39 is 33.9 Å². The number of Topliss-reactive ketones (excluding diaryl/α,β-unsaturated/α-hetero) is 1. The minimum Gasteiger partial charge on any atom is -0.325 e. The van der Waals surface area contributed by atoms with E-state index in [2.05, 4.69) is 5.32 Å². The number of fused-ring (bicyclic) bond motifs is 2. The maximum absolute atomic E-state index is 13.1. The van der Waals surface area contributed by atoms with Crippen LogP contribution in [0.15, 0.2) is 24.3 Å². The molecule has 2 fully saturated rings. The molecule has 0 unspecified atom stereocenters. The summed E-state index contributed by atoms with van der Waals surface area (Å²) < 4.78 is 39.4. The highest BCUT2D eigenvalue weighted by atomic mass is 19.4. The van der Waals surface area contributed by atoms with Gasteiger partial charge in [-0.25, -0.2) is 0 Å². The van der Waals surface area contributed by atoms with E-state index in [-0.39, 0.29) is 17.9 Å². The molecule has 2 aliphatic carbocycles. The molecule has 1 amide bonds. The quantitative estimate of drug-likeness (QED) is 0.866. The monoisotopic (exact) mass is 339 g/mol. The van der Waals surface area contributed by atoms with Crippen LogP contribution in [0.2, 0.25) is 0 Å². The van der Waals surface area contributed by atoms with Crippen LogP contribution in [0.4, 0.5) is 18.9 Å². The van der Waals surface area contributed by atoms with Gasteiger partial charge >= 0.3 is 6.18 Å². The van der Waals surface area contributed by atoms with Crippen molar-refractivity contribution in [1.29, 1.82) is 0 Å². The Hall–Kier alpha value is -1.85. The van der Waals surface area contributed by atoms with Gasteiger partial charge in [0.1, 0.15) is 5.78 Å². The third-order valence-electron chi connectivity index (χ3n) is 6.62. The van der Waals surface area contributed by atoms with E-state index in [4.69, 9.17) is 0 Å². The van der Waals surface area contributed by atoms with E-state index >= 15 is 0 Å². The van der Waals surface area contributed by atoms with Gasteiger partial charge in [0.15, 0.2) is 0 Å². The number of amides is 1. The van der Waals surface area contributed by atoms with Gasteiger partial charge in [0, 0.05) is 11.8 Å². The summed E-state index contributed by atoms with van der Waals surface area (Å²) in [6, 6.07) is 4.92. The Morgan fingerprint density at radius 1 is 1.12 bits per heavy atom. The summed E-state index contributed by atoms with van der Waals surface area (Å²) in [5, 5.41) is 2.46. The average Bonchev–Trinajstić information content (AvgIpc) is 2.77. The second kappa shape index (κ2) is 4.83. The second-order valence-corrected chi connectivity index (χ2v) is 7.64. The Labute approximate surface area is 138 Å². The van der Waals surface area contributed by atoms with E-state index in [1.165, 1.54) is 18.2 Å². The Morgan fingerprint density at radius 2 is 1.75 bits per heavy atom. The maximum Gasteiger partial charge on any atom is 0.418 e. The van der Waals surface area contributed by atoms with Gasteiger partial charge in [-0.05, 0) is 30.4 Å². The summed E-state index contributed by atoms with van der Waals surface area (Å²) in [5.41, 5.74) is -3.26. The molecule has 2 atom stereocenters. The molecule has 2 bridgehead atoms. The first-order valence-corrected chi connectivity index (χ1v) is 7.97. The van der Waals surface area contributed by atoms with Crippen molar-refractivity contribution >= 4 is 17.4 Å². The smallest absolute Gasteiger partial charge is 0.325 e. The van der Waals surface area contributed by atoms with Crippen molar-refractivity contribution in [2.24, 2.45) is 16.2 Å². The number of nitrogens with one attached hydrogen (secondary N) is 1. The fourth-order valence-electron chi connectivity index (χ4n) is 4.44. The minimum atomic E-state index is -4.55. The van der Waals surface area contributed by atoms with E-state index in [1.807, 2.05) is 20.8 Å². The molecule has 1 N–H and O–H groups in total. The molecular formula is C18H20F3NO2. The first-order chi connectivity index (χ1) is 11.0. The molecule has 3 rings (SSSR count). The van der Waals surface area contributed by atoms with Crippen molar-refractivity contribution < 1.29 is 22.8 Å². The zero-order valence-electron chi connectivity index (χ0n) is 13.9. The summed E-state index contributed by atoms with van der Waals surface area (Å²) in [6.45, 7) is 5.61. The van der Waals surface area contributed by atoms with Crippen molar-refractivity contribution in [2.45, 2.75) is 46.2 Å². The van der Waals surface area contributed by atoms with E-state index in [9.17, 15) is 22.8 Å². The van der Waals surface area contributed by atoms with Crippen LogP contribution in [0, 0.1) is 16.2 Å². The molecule has 130 valence electrons. The molecule has 2 aliphatic rings. The first-order valence-electron chi connectivity index (χ1n) is 7.97. The fraction of sp³-hybridized carbons (Fsp3) is 0.556. The lowest BCUT2D eigenvalue weighted by molar-refractivity contribution is -0.137. The summed E-state index contributed by atoms with van der Waals surface area (Å²) in [6.07, 6.45) is -3.35. The highest BCUT2D eigenvalue weighted by molar-refractivity contribution is 6.04. The second-order valence-electron chi connectivity index (χ2n) is 7.64. The van der Waals surface area contributed by atoms with E-state index in [0.29, 0.717) is 12.8 Å². The van der Waals surface area contributed by atoms with Crippen molar-refractivity contribution in [3.05, 3.63) is 29.8 Å². The molecule has 3 nitrogen and oxygen atoms in total. The Balaban J connectivity index is 1.97. The van der Waals surface area contributed by atoms with Crippen LogP contribution >= 0.6 is 0 Å². The number of alkyl halides is 3. The van der Waals surface area contributed by atoms with Crippen LogP contribution in [0.5, 0.6) is 0 Å². The number of carbonyl (C=O) groups excluding carboxylic acids is 2. The third kappa shape index (κ3) is 1.98. The van der Waals surface area contributed by atoms with Crippen LogP contribution in [0.25, 0.3) is 0 Å².